The number of carbonyl (C=O) groups excluding carboxylic acids is 2. The maximum absolute atomic E-state index is 12.9. The van der Waals surface area contributed by atoms with E-state index in [1.807, 2.05) is 9.80 Å². The van der Waals surface area contributed by atoms with Crippen LogP contribution in [-0.2, 0) is 11.0 Å². The molecule has 2 aliphatic heterocycles. The Labute approximate surface area is 161 Å². The van der Waals surface area contributed by atoms with Crippen molar-refractivity contribution >= 4 is 17.6 Å². The van der Waals surface area contributed by atoms with Crippen LogP contribution < -0.4 is 10.2 Å². The second kappa shape index (κ2) is 6.65. The Morgan fingerprint density at radius 3 is 2.43 bits per heavy atom. The molecule has 3 aliphatic rings. The molecule has 0 unspecified atom stereocenters. The molecular formula is C19H23F3N4O2. The maximum Gasteiger partial charge on any atom is 0.416 e. The molecule has 9 heteroatoms. The predicted molar refractivity (Wildman–Crippen MR) is 96.6 cm³/mol. The van der Waals surface area contributed by atoms with E-state index >= 15 is 0 Å². The first-order valence-electron chi connectivity index (χ1n) is 9.47. The average molecular weight is 396 g/mol. The number of imide groups is 1. The smallest absolute Gasteiger partial charge is 0.369 e. The summed E-state index contributed by atoms with van der Waals surface area (Å²) in [4.78, 5) is 30.1. The first-order chi connectivity index (χ1) is 13.2. The second-order valence-electron chi connectivity index (χ2n) is 7.93. The molecule has 0 spiro atoms. The third kappa shape index (κ3) is 3.43. The van der Waals surface area contributed by atoms with Gasteiger partial charge in [0.2, 0.25) is 0 Å². The number of alkyl halides is 3. The van der Waals surface area contributed by atoms with Crippen molar-refractivity contribution in [3.8, 4) is 0 Å². The lowest BCUT2D eigenvalue weighted by Crippen LogP contribution is -2.52. The molecule has 1 saturated carbocycles. The average Bonchev–Trinajstić information content (AvgIpc) is 3.48. The fourth-order valence-electron chi connectivity index (χ4n) is 4.01. The molecule has 1 N–H and O–H groups in total. The Bertz CT molecular complexity index is 788. The minimum absolute atomic E-state index is 0.180. The summed E-state index contributed by atoms with van der Waals surface area (Å²) in [6.45, 7) is 4.19. The van der Waals surface area contributed by atoms with E-state index in [0.29, 0.717) is 31.9 Å². The highest BCUT2D eigenvalue weighted by molar-refractivity contribution is 6.07. The molecule has 2 heterocycles. The zero-order valence-electron chi connectivity index (χ0n) is 15.6. The van der Waals surface area contributed by atoms with Gasteiger partial charge in [-0.15, -0.1) is 0 Å². The molecule has 3 amide bonds. The Hall–Kier alpha value is -2.29. The van der Waals surface area contributed by atoms with Gasteiger partial charge in [-0.25, -0.2) is 9.69 Å². The molecule has 4 rings (SSSR count). The van der Waals surface area contributed by atoms with Gasteiger partial charge in [-0.2, -0.15) is 13.2 Å². The number of anilines is 1. The van der Waals surface area contributed by atoms with Crippen LogP contribution in [0.15, 0.2) is 24.3 Å². The molecule has 0 aromatic heterocycles. The number of carbonyl (C=O) groups is 2. The van der Waals surface area contributed by atoms with E-state index in [1.54, 1.807) is 13.0 Å². The highest BCUT2D eigenvalue weighted by Gasteiger charge is 2.56. The van der Waals surface area contributed by atoms with Crippen molar-refractivity contribution in [2.24, 2.45) is 5.92 Å². The number of benzene rings is 1. The van der Waals surface area contributed by atoms with Gasteiger partial charge in [-0.05, 0) is 43.9 Å². The van der Waals surface area contributed by atoms with Crippen LogP contribution in [0.25, 0.3) is 0 Å². The van der Waals surface area contributed by atoms with Crippen molar-refractivity contribution in [2.45, 2.75) is 31.5 Å². The van der Waals surface area contributed by atoms with Crippen LogP contribution in [0.1, 0.15) is 25.3 Å². The van der Waals surface area contributed by atoms with E-state index in [1.165, 1.54) is 11.0 Å². The van der Waals surface area contributed by atoms with Crippen LogP contribution in [-0.4, -0.2) is 60.1 Å². The van der Waals surface area contributed by atoms with E-state index in [4.69, 9.17) is 0 Å². The molecule has 1 aromatic rings. The van der Waals surface area contributed by atoms with Crippen molar-refractivity contribution in [1.82, 2.24) is 15.1 Å². The number of piperazine rings is 1. The van der Waals surface area contributed by atoms with Crippen molar-refractivity contribution in [2.75, 3.05) is 37.7 Å². The molecule has 3 fully saturated rings. The zero-order chi connectivity index (χ0) is 20.1. The third-order valence-electron chi connectivity index (χ3n) is 5.95. The Morgan fingerprint density at radius 1 is 1.14 bits per heavy atom. The monoisotopic (exact) mass is 396 g/mol. The summed E-state index contributed by atoms with van der Waals surface area (Å²) < 4.78 is 38.8. The highest BCUT2D eigenvalue weighted by atomic mass is 19.4. The van der Waals surface area contributed by atoms with Gasteiger partial charge in [0.05, 0.1) is 12.2 Å². The SMILES string of the molecule is C[C@@]1(C2CC2)NC(=O)N(CN2CCN(c3cccc(C(F)(F)F)c3)CC2)C1=O. The second-order valence-corrected chi connectivity index (χ2v) is 7.93. The molecule has 1 aliphatic carbocycles. The van der Waals surface area contributed by atoms with Crippen molar-refractivity contribution in [1.29, 1.82) is 0 Å². The number of amides is 3. The van der Waals surface area contributed by atoms with Crippen molar-refractivity contribution in [3.63, 3.8) is 0 Å². The Morgan fingerprint density at radius 2 is 1.82 bits per heavy atom. The largest absolute Gasteiger partial charge is 0.416 e. The fourth-order valence-corrected chi connectivity index (χ4v) is 4.01. The Balaban J connectivity index is 1.36. The standard InChI is InChI=1S/C19H23F3N4O2/c1-18(13-5-6-13)16(27)26(17(28)23-18)12-24-7-9-25(10-8-24)15-4-2-3-14(11-15)19(20,21)22/h2-4,11,13H,5-10,12H2,1H3,(H,23,28)/t18-/m0/s1. The molecule has 0 bridgehead atoms. The molecular weight excluding hydrogens is 373 g/mol. The van der Waals surface area contributed by atoms with Gasteiger partial charge in [0, 0.05) is 31.9 Å². The Kier molecular flexibility index (Phi) is 4.52. The van der Waals surface area contributed by atoms with Crippen LogP contribution in [0.2, 0.25) is 0 Å². The minimum Gasteiger partial charge on any atom is -0.369 e. The number of nitrogens with one attached hydrogen (secondary N) is 1. The molecule has 6 nitrogen and oxygen atoms in total. The summed E-state index contributed by atoms with van der Waals surface area (Å²) >= 11 is 0. The first kappa shape index (κ1) is 19.0. The molecule has 1 atom stereocenters. The van der Waals surface area contributed by atoms with E-state index in [-0.39, 0.29) is 24.5 Å². The predicted octanol–water partition coefficient (Wildman–Crippen LogP) is 2.51. The number of hydrogen-bond donors (Lipinski definition) is 1. The van der Waals surface area contributed by atoms with E-state index in [2.05, 4.69) is 5.32 Å². The number of rotatable bonds is 4. The summed E-state index contributed by atoms with van der Waals surface area (Å²) in [7, 11) is 0. The third-order valence-corrected chi connectivity index (χ3v) is 5.95. The molecule has 1 aromatic carbocycles. The van der Waals surface area contributed by atoms with Gasteiger partial charge in [-0.3, -0.25) is 9.69 Å². The van der Waals surface area contributed by atoms with Crippen LogP contribution >= 0.6 is 0 Å². The zero-order valence-corrected chi connectivity index (χ0v) is 15.6. The fraction of sp³-hybridized carbons (Fsp3) is 0.579. The summed E-state index contributed by atoms with van der Waals surface area (Å²) in [5, 5.41) is 2.83. The summed E-state index contributed by atoms with van der Waals surface area (Å²) in [6.07, 6.45) is -2.46. The molecule has 152 valence electrons. The number of halogens is 3. The minimum atomic E-state index is -4.37. The van der Waals surface area contributed by atoms with Gasteiger partial charge in [0.1, 0.15) is 5.54 Å². The topological polar surface area (TPSA) is 55.9 Å². The van der Waals surface area contributed by atoms with Crippen molar-refractivity contribution in [3.05, 3.63) is 29.8 Å². The van der Waals surface area contributed by atoms with E-state index < -0.39 is 17.3 Å². The van der Waals surface area contributed by atoms with Gasteiger partial charge >= 0.3 is 12.2 Å². The lowest BCUT2D eigenvalue weighted by atomic mass is 9.96. The van der Waals surface area contributed by atoms with Crippen LogP contribution in [0.4, 0.5) is 23.7 Å². The van der Waals surface area contributed by atoms with Gasteiger partial charge < -0.3 is 10.2 Å². The lowest BCUT2D eigenvalue weighted by Gasteiger charge is -2.37. The van der Waals surface area contributed by atoms with Crippen LogP contribution in [0, 0.1) is 5.92 Å². The quantitative estimate of drug-likeness (QED) is 0.795. The highest BCUT2D eigenvalue weighted by Crippen LogP contribution is 2.42. The number of urea groups is 1. The van der Waals surface area contributed by atoms with Crippen LogP contribution in [0.5, 0.6) is 0 Å². The van der Waals surface area contributed by atoms with Gasteiger partial charge in [-0.1, -0.05) is 6.07 Å². The normalized spacial score (nSPS) is 26.7. The van der Waals surface area contributed by atoms with E-state index in [0.717, 1.165) is 25.0 Å². The lowest BCUT2D eigenvalue weighted by molar-refractivity contribution is -0.137. The molecule has 2 saturated heterocycles. The first-order valence-corrected chi connectivity index (χ1v) is 9.47. The van der Waals surface area contributed by atoms with Gasteiger partial charge in [0.25, 0.3) is 5.91 Å². The van der Waals surface area contributed by atoms with Crippen LogP contribution in [0.3, 0.4) is 0 Å². The summed E-state index contributed by atoms with van der Waals surface area (Å²) in [6, 6.07) is 4.95. The van der Waals surface area contributed by atoms with E-state index in [9.17, 15) is 22.8 Å². The summed E-state index contributed by atoms with van der Waals surface area (Å²) in [5.41, 5.74) is -0.923. The molecule has 28 heavy (non-hydrogen) atoms. The number of nitrogens with zero attached hydrogens (tertiary/aromatic N) is 3. The van der Waals surface area contributed by atoms with Gasteiger partial charge in [0.15, 0.2) is 0 Å². The molecule has 0 radical (unpaired) electrons. The maximum atomic E-state index is 12.9. The number of hydrogen-bond acceptors (Lipinski definition) is 4. The summed E-state index contributed by atoms with van der Waals surface area (Å²) in [5.74, 6) is 0.0343. The van der Waals surface area contributed by atoms with Crippen molar-refractivity contribution < 1.29 is 22.8 Å².